The van der Waals surface area contributed by atoms with Crippen molar-refractivity contribution in [1.82, 2.24) is 4.90 Å². The third-order valence-corrected chi connectivity index (χ3v) is 8.81. The molecule has 0 saturated carbocycles. The van der Waals surface area contributed by atoms with Crippen LogP contribution in [0.2, 0.25) is 5.02 Å². The quantitative estimate of drug-likeness (QED) is 0.664. The number of methoxy groups -OCH3 is 1. The molecule has 4 heterocycles. The number of ether oxygens (including phenoxy) is 1. The number of carbonyl (C=O) groups excluding carboxylic acids is 3. The lowest BCUT2D eigenvalue weighted by Crippen LogP contribution is -2.54. The van der Waals surface area contributed by atoms with Crippen LogP contribution < -0.4 is 15.0 Å². The number of fused-ring (bicyclic) bond motifs is 7. The Morgan fingerprint density at radius 2 is 1.85 bits per heavy atom. The summed E-state index contributed by atoms with van der Waals surface area (Å²) in [5.41, 5.74) is 3.58. The molecule has 2 aromatic carbocycles. The number of aryl methyl sites for hydroxylation is 2. The molecular weight excluding hydrogens is 454 g/mol. The van der Waals surface area contributed by atoms with Crippen LogP contribution >= 0.6 is 11.6 Å². The lowest BCUT2D eigenvalue weighted by Gasteiger charge is -2.36. The number of nitrogens with zero attached hydrogens (tertiary/aromatic N) is 2. The first-order chi connectivity index (χ1) is 16.2. The zero-order chi connectivity index (χ0) is 24.1. The molecule has 4 aliphatic rings. The summed E-state index contributed by atoms with van der Waals surface area (Å²) in [5, 5.41) is 3.58. The Kier molecular flexibility index (Phi) is 4.49. The molecule has 3 saturated heterocycles. The summed E-state index contributed by atoms with van der Waals surface area (Å²) in [6, 6.07) is 7.14. The molecule has 7 nitrogen and oxygen atoms in total. The van der Waals surface area contributed by atoms with Gasteiger partial charge in [-0.15, -0.1) is 0 Å². The molecule has 2 aromatic rings. The number of hydrogen-bond acceptors (Lipinski definition) is 5. The average molecular weight is 480 g/mol. The Morgan fingerprint density at radius 1 is 1.09 bits per heavy atom. The second-order valence-corrected chi connectivity index (χ2v) is 10.2. The van der Waals surface area contributed by atoms with E-state index in [0.717, 1.165) is 40.8 Å². The van der Waals surface area contributed by atoms with Gasteiger partial charge >= 0.3 is 0 Å². The Labute approximate surface area is 203 Å². The second-order valence-electron chi connectivity index (χ2n) is 9.84. The Morgan fingerprint density at radius 3 is 2.59 bits per heavy atom. The minimum atomic E-state index is -1.18. The van der Waals surface area contributed by atoms with Crippen LogP contribution in [0.15, 0.2) is 24.3 Å². The van der Waals surface area contributed by atoms with Crippen molar-refractivity contribution >= 4 is 40.7 Å². The van der Waals surface area contributed by atoms with Crippen molar-refractivity contribution in [3.05, 3.63) is 51.5 Å². The van der Waals surface area contributed by atoms with Gasteiger partial charge in [-0.25, -0.2) is 4.90 Å². The van der Waals surface area contributed by atoms with Crippen molar-refractivity contribution in [2.45, 2.75) is 45.2 Å². The van der Waals surface area contributed by atoms with E-state index in [1.807, 2.05) is 32.9 Å². The summed E-state index contributed by atoms with van der Waals surface area (Å²) in [7, 11) is 1.49. The first-order valence-corrected chi connectivity index (χ1v) is 12.0. The molecule has 0 unspecified atom stereocenters. The molecule has 1 spiro atoms. The normalized spacial score (nSPS) is 29.6. The van der Waals surface area contributed by atoms with Gasteiger partial charge in [0.2, 0.25) is 17.7 Å². The van der Waals surface area contributed by atoms with E-state index < -0.39 is 17.4 Å². The van der Waals surface area contributed by atoms with E-state index in [1.54, 1.807) is 12.1 Å². The van der Waals surface area contributed by atoms with E-state index in [-0.39, 0.29) is 23.8 Å². The van der Waals surface area contributed by atoms with E-state index in [2.05, 4.69) is 10.2 Å². The van der Waals surface area contributed by atoms with Crippen molar-refractivity contribution in [3.63, 3.8) is 0 Å². The standard InChI is InChI=1S/C26H26ClN3O4/c1-12-7-8-15-22(14(12)3)28-25(33)26(15)21-20(17-6-5-9-29(17)26)23(31)30(24(21)32)18-10-13(2)16(27)11-19(18)34-4/h7-8,10-11,17,20-21H,5-6,9H2,1-4H3,(H,28,33)/t17-,20+,21-,26+/m0/s1. The van der Waals surface area contributed by atoms with Crippen molar-refractivity contribution in [1.29, 1.82) is 0 Å². The molecule has 4 atom stereocenters. The molecule has 0 radical (unpaired) electrons. The number of hydrogen-bond donors (Lipinski definition) is 1. The summed E-state index contributed by atoms with van der Waals surface area (Å²) < 4.78 is 5.50. The van der Waals surface area contributed by atoms with Crippen LogP contribution in [0.1, 0.15) is 35.1 Å². The van der Waals surface area contributed by atoms with E-state index >= 15 is 0 Å². The fourth-order valence-electron chi connectivity index (χ4n) is 6.74. The zero-order valence-electron chi connectivity index (χ0n) is 19.6. The molecule has 0 aromatic heterocycles. The van der Waals surface area contributed by atoms with Crippen LogP contribution in [-0.4, -0.2) is 42.3 Å². The number of carbonyl (C=O) groups is 3. The topological polar surface area (TPSA) is 78.9 Å². The lowest BCUT2D eigenvalue weighted by atomic mass is 9.75. The maximum Gasteiger partial charge on any atom is 0.250 e. The number of amides is 3. The zero-order valence-corrected chi connectivity index (χ0v) is 20.3. The minimum Gasteiger partial charge on any atom is -0.495 e. The van der Waals surface area contributed by atoms with E-state index in [9.17, 15) is 14.4 Å². The molecule has 3 fully saturated rings. The predicted molar refractivity (Wildman–Crippen MR) is 128 cm³/mol. The first-order valence-electron chi connectivity index (χ1n) is 11.6. The molecule has 8 heteroatoms. The number of nitrogens with one attached hydrogen (secondary N) is 1. The van der Waals surface area contributed by atoms with Gasteiger partial charge in [-0.3, -0.25) is 19.3 Å². The van der Waals surface area contributed by atoms with Crippen LogP contribution in [0.4, 0.5) is 11.4 Å². The fraction of sp³-hybridized carbons (Fsp3) is 0.423. The number of anilines is 2. The third kappa shape index (κ3) is 2.39. The van der Waals surface area contributed by atoms with Crippen LogP contribution in [-0.2, 0) is 19.9 Å². The highest BCUT2D eigenvalue weighted by Crippen LogP contribution is 2.61. The largest absolute Gasteiger partial charge is 0.495 e. The van der Waals surface area contributed by atoms with Gasteiger partial charge in [-0.1, -0.05) is 23.7 Å². The summed E-state index contributed by atoms with van der Waals surface area (Å²) in [5.74, 6) is -1.86. The van der Waals surface area contributed by atoms with Crippen molar-refractivity contribution in [2.24, 2.45) is 11.8 Å². The van der Waals surface area contributed by atoms with Gasteiger partial charge in [-0.2, -0.15) is 0 Å². The summed E-state index contributed by atoms with van der Waals surface area (Å²) in [6.45, 7) is 6.49. The Hall–Kier alpha value is -2.90. The minimum absolute atomic E-state index is 0.163. The molecule has 0 aliphatic carbocycles. The van der Waals surface area contributed by atoms with Gasteiger partial charge in [0.15, 0.2) is 0 Å². The monoisotopic (exact) mass is 479 g/mol. The Bertz CT molecular complexity index is 1310. The van der Waals surface area contributed by atoms with E-state index in [1.165, 1.54) is 12.0 Å². The second kappa shape index (κ2) is 7.06. The molecule has 1 N–H and O–H groups in total. The summed E-state index contributed by atoms with van der Waals surface area (Å²) in [4.78, 5) is 45.3. The number of imide groups is 1. The van der Waals surface area contributed by atoms with Crippen molar-refractivity contribution < 1.29 is 19.1 Å². The highest BCUT2D eigenvalue weighted by atomic mass is 35.5. The highest BCUT2D eigenvalue weighted by Gasteiger charge is 2.74. The SMILES string of the molecule is COc1cc(Cl)c(C)cc1N1C(=O)[C@H]2[C@@H](C1=O)[C@]1(C(=O)Nc3c1ccc(C)c3C)N1CCC[C@@H]21. The first kappa shape index (κ1) is 21.6. The molecule has 3 amide bonds. The van der Waals surface area contributed by atoms with Crippen LogP contribution in [0, 0.1) is 32.6 Å². The maximum absolute atomic E-state index is 14.2. The van der Waals surface area contributed by atoms with Gasteiger partial charge in [0.1, 0.15) is 11.3 Å². The van der Waals surface area contributed by atoms with Crippen molar-refractivity contribution in [2.75, 3.05) is 23.9 Å². The predicted octanol–water partition coefficient (Wildman–Crippen LogP) is 3.71. The number of benzene rings is 2. The van der Waals surface area contributed by atoms with Crippen LogP contribution in [0.3, 0.4) is 0 Å². The highest BCUT2D eigenvalue weighted by molar-refractivity contribution is 6.32. The smallest absolute Gasteiger partial charge is 0.250 e. The Balaban J connectivity index is 1.57. The van der Waals surface area contributed by atoms with Gasteiger partial charge in [0, 0.05) is 28.4 Å². The van der Waals surface area contributed by atoms with E-state index in [4.69, 9.17) is 16.3 Å². The number of rotatable bonds is 2. The molecule has 4 aliphatic heterocycles. The molecule has 176 valence electrons. The third-order valence-electron chi connectivity index (χ3n) is 8.40. The molecular formula is C26H26ClN3O4. The summed E-state index contributed by atoms with van der Waals surface area (Å²) >= 11 is 6.29. The maximum atomic E-state index is 14.2. The van der Waals surface area contributed by atoms with Crippen LogP contribution in [0.5, 0.6) is 5.75 Å². The molecule has 6 rings (SSSR count). The van der Waals surface area contributed by atoms with Crippen molar-refractivity contribution in [3.8, 4) is 5.75 Å². The summed E-state index contributed by atoms with van der Waals surface area (Å²) in [6.07, 6.45) is 1.66. The van der Waals surface area contributed by atoms with Gasteiger partial charge in [-0.05, 0) is 62.9 Å². The lowest BCUT2D eigenvalue weighted by molar-refractivity contribution is -0.135. The fourth-order valence-corrected chi connectivity index (χ4v) is 6.90. The van der Waals surface area contributed by atoms with Crippen LogP contribution in [0.25, 0.3) is 0 Å². The van der Waals surface area contributed by atoms with Gasteiger partial charge < -0.3 is 10.1 Å². The molecule has 0 bridgehead atoms. The van der Waals surface area contributed by atoms with Gasteiger partial charge in [0.25, 0.3) is 0 Å². The van der Waals surface area contributed by atoms with E-state index in [0.29, 0.717) is 23.0 Å². The number of halogens is 1. The average Bonchev–Trinajstić information content (AvgIpc) is 3.51. The van der Waals surface area contributed by atoms with Gasteiger partial charge in [0.05, 0.1) is 24.6 Å². The molecule has 34 heavy (non-hydrogen) atoms.